The molecule has 2 heterocycles. The molecule has 6 aromatic rings. The van der Waals surface area contributed by atoms with Gasteiger partial charge in [0.15, 0.2) is 0 Å². The maximum absolute atomic E-state index is 13.0. The second-order valence-electron chi connectivity index (χ2n) is 18.0. The molecule has 8 nitrogen and oxygen atoms in total. The van der Waals surface area contributed by atoms with Gasteiger partial charge in [-0.25, -0.2) is 0 Å². The standard InChI is InChI=1S/C46H48N2O6/c1-43-19-17-37(49)45(3,41(51)52)35(43)15-13-24-21-34-28(22-30(24)43)26-10-6-8-12-33(26)48(34)40-27-14-16-36-44(2,20-18-38(50)46(36,4)42(53)54)31(27)23-29-25-9-5-7-11-32(25)47-39(29)40/h5-12,21-23,35-38,47,49-50H,13-20H2,1-4H3,(H,51,52)(H,53,54)/t35-,36-,37+,38+,43-,44-,45+,46+/m1/s1. The van der Waals surface area contributed by atoms with Gasteiger partial charge < -0.3 is 30.0 Å². The Balaban J connectivity index is 1.28. The number of carboxylic acids is 2. The summed E-state index contributed by atoms with van der Waals surface area (Å²) < 4.78 is 2.44. The number of carboxylic acid groups (broad SMARTS) is 2. The van der Waals surface area contributed by atoms with Crippen LogP contribution in [0, 0.1) is 22.7 Å². The van der Waals surface area contributed by atoms with E-state index in [1.165, 1.54) is 22.3 Å². The number of fused-ring (bicyclic) bond motifs is 12. The van der Waals surface area contributed by atoms with E-state index in [2.05, 4.69) is 90.1 Å². The lowest BCUT2D eigenvalue weighted by atomic mass is 9.48. The summed E-state index contributed by atoms with van der Waals surface area (Å²) in [7, 11) is 0. The van der Waals surface area contributed by atoms with Crippen LogP contribution in [0.25, 0.3) is 49.3 Å². The summed E-state index contributed by atoms with van der Waals surface area (Å²) in [5.41, 5.74) is 6.87. The Labute approximate surface area is 313 Å². The molecule has 8 atom stereocenters. The highest BCUT2D eigenvalue weighted by Crippen LogP contribution is 2.61. The molecule has 0 radical (unpaired) electrons. The van der Waals surface area contributed by atoms with Gasteiger partial charge in [-0.3, -0.25) is 9.59 Å². The molecule has 5 N–H and O–H groups in total. The Morgan fingerprint density at radius 3 is 1.91 bits per heavy atom. The highest BCUT2D eigenvalue weighted by atomic mass is 16.4. The van der Waals surface area contributed by atoms with Crippen LogP contribution < -0.4 is 0 Å². The van der Waals surface area contributed by atoms with Crippen molar-refractivity contribution in [1.29, 1.82) is 0 Å². The topological polar surface area (TPSA) is 136 Å². The van der Waals surface area contributed by atoms with E-state index in [4.69, 9.17) is 0 Å². The van der Waals surface area contributed by atoms with Crippen LogP contribution >= 0.6 is 0 Å². The van der Waals surface area contributed by atoms with Crippen LogP contribution in [0.15, 0.2) is 66.7 Å². The molecule has 0 unspecified atom stereocenters. The van der Waals surface area contributed by atoms with E-state index in [9.17, 15) is 30.0 Å². The number of rotatable bonds is 3. The molecule has 4 aliphatic rings. The second kappa shape index (κ2) is 11.0. The number of benzene rings is 4. The molecule has 0 saturated heterocycles. The van der Waals surface area contributed by atoms with Gasteiger partial charge in [0.25, 0.3) is 0 Å². The van der Waals surface area contributed by atoms with Crippen LogP contribution in [0.4, 0.5) is 0 Å². The molecule has 0 spiro atoms. The zero-order valence-electron chi connectivity index (χ0n) is 31.4. The number of H-pyrrole nitrogens is 1. The predicted octanol–water partition coefficient (Wildman–Crippen LogP) is 8.55. The van der Waals surface area contributed by atoms with Gasteiger partial charge in [0, 0.05) is 27.1 Å². The molecular weight excluding hydrogens is 677 g/mol. The number of para-hydroxylation sites is 2. The van der Waals surface area contributed by atoms with Gasteiger partial charge in [0.05, 0.1) is 45.3 Å². The molecule has 4 aliphatic carbocycles. The molecular formula is C46H48N2O6. The van der Waals surface area contributed by atoms with Crippen LogP contribution in [-0.2, 0) is 33.3 Å². The van der Waals surface area contributed by atoms with Gasteiger partial charge >= 0.3 is 11.9 Å². The van der Waals surface area contributed by atoms with Gasteiger partial charge in [-0.1, -0.05) is 50.2 Å². The normalized spacial score (nSPS) is 33.4. The molecule has 0 aliphatic heterocycles. The van der Waals surface area contributed by atoms with Crippen molar-refractivity contribution in [1.82, 2.24) is 9.55 Å². The number of nitrogens with one attached hydrogen (secondary N) is 1. The van der Waals surface area contributed by atoms with Crippen molar-refractivity contribution >= 4 is 55.6 Å². The molecule has 278 valence electrons. The summed E-state index contributed by atoms with van der Waals surface area (Å²) in [5, 5.41) is 48.0. The number of aliphatic hydroxyl groups excluding tert-OH is 2. The van der Waals surface area contributed by atoms with Gasteiger partial charge in [-0.2, -0.15) is 0 Å². The summed E-state index contributed by atoms with van der Waals surface area (Å²) >= 11 is 0. The SMILES string of the molecule is C[C@@]1(C(=O)O)[C@@H](O)CC[C@]2(C)c3cc4c5ccccc5n(-c5c6c(cc7c5[nH]c5ccccc57)[C@@]5(C)CC[C@H](O)[C@@](C)(C(=O)O)[C@@H]5CC6)c4cc3CC[C@@H]12. The van der Waals surface area contributed by atoms with Crippen molar-refractivity contribution in [3.05, 3.63) is 89.0 Å². The molecule has 8 heteroatoms. The zero-order chi connectivity index (χ0) is 37.7. The lowest BCUT2D eigenvalue weighted by molar-refractivity contribution is -0.172. The largest absolute Gasteiger partial charge is 0.481 e. The third kappa shape index (κ3) is 4.00. The van der Waals surface area contributed by atoms with E-state index in [1.807, 2.05) is 0 Å². The van der Waals surface area contributed by atoms with Crippen molar-refractivity contribution in [3.8, 4) is 5.69 Å². The van der Waals surface area contributed by atoms with Crippen molar-refractivity contribution in [2.24, 2.45) is 22.7 Å². The minimum absolute atomic E-state index is 0.198. The molecule has 2 aromatic heterocycles. The van der Waals surface area contributed by atoms with E-state index in [1.54, 1.807) is 13.8 Å². The Kier molecular flexibility index (Phi) is 6.89. The third-order valence-corrected chi connectivity index (χ3v) is 15.8. The number of aryl methyl sites for hydroxylation is 1. The quantitative estimate of drug-likeness (QED) is 0.124. The van der Waals surface area contributed by atoms with Crippen molar-refractivity contribution in [3.63, 3.8) is 0 Å². The first-order valence-corrected chi connectivity index (χ1v) is 19.7. The summed E-state index contributed by atoms with van der Waals surface area (Å²) in [6.45, 7) is 7.96. The van der Waals surface area contributed by atoms with E-state index < -0.39 is 45.8 Å². The van der Waals surface area contributed by atoms with E-state index in [0.29, 0.717) is 38.5 Å². The van der Waals surface area contributed by atoms with Gasteiger partial charge in [0.2, 0.25) is 0 Å². The fraction of sp³-hybridized carbons (Fsp3) is 0.435. The monoisotopic (exact) mass is 724 g/mol. The lowest BCUT2D eigenvalue weighted by Crippen LogP contribution is -2.58. The highest BCUT2D eigenvalue weighted by Gasteiger charge is 2.61. The van der Waals surface area contributed by atoms with Crippen molar-refractivity contribution < 1.29 is 30.0 Å². The van der Waals surface area contributed by atoms with E-state index in [0.717, 1.165) is 62.1 Å². The predicted molar refractivity (Wildman–Crippen MR) is 210 cm³/mol. The highest BCUT2D eigenvalue weighted by molar-refractivity contribution is 6.15. The minimum atomic E-state index is -1.26. The van der Waals surface area contributed by atoms with Gasteiger partial charge in [-0.05, 0) is 140 Å². The van der Waals surface area contributed by atoms with Crippen LogP contribution in [-0.4, -0.2) is 54.1 Å². The maximum atomic E-state index is 13.0. The number of hydrogen-bond acceptors (Lipinski definition) is 4. The number of carbonyl (C=O) groups is 2. The second-order valence-corrected chi connectivity index (χ2v) is 18.0. The molecule has 0 amide bonds. The minimum Gasteiger partial charge on any atom is -0.481 e. The number of hydrogen-bond donors (Lipinski definition) is 5. The molecule has 2 fully saturated rings. The Hall–Kier alpha value is -4.66. The molecule has 54 heavy (non-hydrogen) atoms. The van der Waals surface area contributed by atoms with Crippen molar-refractivity contribution in [2.45, 2.75) is 102 Å². The van der Waals surface area contributed by atoms with E-state index >= 15 is 0 Å². The molecule has 0 bridgehead atoms. The van der Waals surface area contributed by atoms with Crippen LogP contribution in [0.2, 0.25) is 0 Å². The fourth-order valence-electron chi connectivity index (χ4n) is 12.7. The zero-order valence-corrected chi connectivity index (χ0v) is 31.4. The first-order valence-electron chi connectivity index (χ1n) is 19.7. The summed E-state index contributed by atoms with van der Waals surface area (Å²) in [6, 6.07) is 24.0. The van der Waals surface area contributed by atoms with Crippen LogP contribution in [0.5, 0.6) is 0 Å². The lowest BCUT2D eigenvalue weighted by Gasteiger charge is -2.55. The average molecular weight is 725 g/mol. The third-order valence-electron chi connectivity index (χ3n) is 15.8. The summed E-state index contributed by atoms with van der Waals surface area (Å²) in [6.07, 6.45) is 3.27. The summed E-state index contributed by atoms with van der Waals surface area (Å²) in [4.78, 5) is 29.6. The van der Waals surface area contributed by atoms with Crippen LogP contribution in [0.3, 0.4) is 0 Å². The van der Waals surface area contributed by atoms with Gasteiger partial charge in [-0.15, -0.1) is 0 Å². The Morgan fingerprint density at radius 1 is 0.667 bits per heavy atom. The number of aromatic nitrogens is 2. The maximum Gasteiger partial charge on any atom is 0.312 e. The smallest absolute Gasteiger partial charge is 0.312 e. The Bertz CT molecular complexity index is 2620. The van der Waals surface area contributed by atoms with E-state index in [-0.39, 0.29) is 11.8 Å². The first kappa shape index (κ1) is 33.9. The molecule has 4 aromatic carbocycles. The Morgan fingerprint density at radius 2 is 1.24 bits per heavy atom. The van der Waals surface area contributed by atoms with Gasteiger partial charge in [0.1, 0.15) is 0 Å². The fourth-order valence-corrected chi connectivity index (χ4v) is 12.7. The number of aliphatic carboxylic acids is 2. The number of aromatic amines is 1. The van der Waals surface area contributed by atoms with Crippen LogP contribution in [0.1, 0.15) is 88.5 Å². The number of aliphatic hydroxyl groups is 2. The average Bonchev–Trinajstić information content (AvgIpc) is 3.68. The molecule has 10 rings (SSSR count). The summed E-state index contributed by atoms with van der Waals surface area (Å²) in [5.74, 6) is -2.29. The number of nitrogens with zero attached hydrogens (tertiary/aromatic N) is 1. The van der Waals surface area contributed by atoms with Crippen molar-refractivity contribution in [2.75, 3.05) is 0 Å². The first-order chi connectivity index (χ1) is 25.7. The molecule has 2 saturated carbocycles.